The monoisotopic (exact) mass is 272 g/mol. The Morgan fingerprint density at radius 1 is 1.32 bits per heavy atom. The van der Waals surface area contributed by atoms with E-state index in [1.807, 2.05) is 13.8 Å². The summed E-state index contributed by atoms with van der Waals surface area (Å²) in [6, 6.07) is 6.47. The van der Waals surface area contributed by atoms with Crippen LogP contribution in [-0.2, 0) is 9.53 Å². The van der Waals surface area contributed by atoms with Gasteiger partial charge in [0.1, 0.15) is 5.75 Å². The minimum atomic E-state index is -3.97. The van der Waals surface area contributed by atoms with Crippen LogP contribution in [0.3, 0.4) is 0 Å². The summed E-state index contributed by atoms with van der Waals surface area (Å²) in [4.78, 5) is 11.1. The molecule has 106 valence electrons. The zero-order valence-corrected chi connectivity index (χ0v) is 11.3. The number of carbonyl (C=O) groups is 1. The summed E-state index contributed by atoms with van der Waals surface area (Å²) in [5.74, 6) is -1.60. The number of alkyl halides is 2. The van der Waals surface area contributed by atoms with Crippen LogP contribution in [0.15, 0.2) is 24.3 Å². The van der Waals surface area contributed by atoms with Crippen molar-refractivity contribution in [2.24, 2.45) is 0 Å². The summed E-state index contributed by atoms with van der Waals surface area (Å²) in [7, 11) is 0. The number of ether oxygens (including phenoxy) is 2. The maximum absolute atomic E-state index is 13.5. The summed E-state index contributed by atoms with van der Waals surface area (Å²) >= 11 is 0. The lowest BCUT2D eigenvalue weighted by atomic mass is 9.98. The van der Waals surface area contributed by atoms with Gasteiger partial charge in [0.25, 0.3) is 0 Å². The third kappa shape index (κ3) is 3.91. The molecule has 0 amide bonds. The van der Waals surface area contributed by atoms with E-state index in [9.17, 15) is 13.6 Å². The number of hydrogen-bond acceptors (Lipinski definition) is 3. The summed E-state index contributed by atoms with van der Waals surface area (Å²) in [5.41, 5.74) is 0.647. The molecule has 1 rings (SSSR count). The first-order valence-corrected chi connectivity index (χ1v) is 6.25. The smallest absolute Gasteiger partial charge is 0.459 e. The van der Waals surface area contributed by atoms with Gasteiger partial charge in [0.15, 0.2) is 0 Å². The highest BCUT2D eigenvalue weighted by Gasteiger charge is 2.44. The first-order valence-electron chi connectivity index (χ1n) is 6.25. The van der Waals surface area contributed by atoms with Crippen LogP contribution in [0, 0.1) is 0 Å². The van der Waals surface area contributed by atoms with Crippen molar-refractivity contribution in [2.75, 3.05) is 6.61 Å². The zero-order chi connectivity index (χ0) is 14.5. The fourth-order valence-corrected chi connectivity index (χ4v) is 1.60. The molecule has 0 aliphatic heterocycles. The Bertz CT molecular complexity index is 432. The van der Waals surface area contributed by atoms with E-state index in [0.29, 0.717) is 5.56 Å². The van der Waals surface area contributed by atoms with Gasteiger partial charge in [0, 0.05) is 0 Å². The molecule has 1 atom stereocenters. The number of halogens is 2. The largest absolute Gasteiger partial charge is 0.502 e. The Morgan fingerprint density at radius 2 is 1.95 bits per heavy atom. The quantitative estimate of drug-likeness (QED) is 0.740. The second-order valence-corrected chi connectivity index (χ2v) is 4.19. The molecule has 0 bridgehead atoms. The maximum Gasteiger partial charge on any atom is 0.502 e. The molecule has 1 unspecified atom stereocenters. The molecule has 0 saturated carbocycles. The lowest BCUT2D eigenvalue weighted by molar-refractivity contribution is -0.216. The summed E-state index contributed by atoms with van der Waals surface area (Å²) in [6.07, 6.45) is -3.19. The molecule has 0 aliphatic rings. The summed E-state index contributed by atoms with van der Waals surface area (Å²) < 4.78 is 35.9. The number of para-hydroxylation sites is 1. The fraction of sp³-hybridized carbons (Fsp3) is 0.500. The molecular formula is C14H18F2O3. The Balaban J connectivity index is 2.96. The van der Waals surface area contributed by atoms with Gasteiger partial charge in [-0.1, -0.05) is 32.0 Å². The molecule has 0 heterocycles. The van der Waals surface area contributed by atoms with Crippen LogP contribution in [0.5, 0.6) is 5.75 Å². The van der Waals surface area contributed by atoms with E-state index >= 15 is 0 Å². The van der Waals surface area contributed by atoms with Crippen molar-refractivity contribution in [1.82, 2.24) is 0 Å². The second kappa shape index (κ2) is 6.50. The maximum atomic E-state index is 13.5. The van der Waals surface area contributed by atoms with Crippen LogP contribution in [0.4, 0.5) is 8.78 Å². The van der Waals surface area contributed by atoms with Crippen molar-refractivity contribution in [2.45, 2.75) is 39.2 Å². The van der Waals surface area contributed by atoms with E-state index in [4.69, 9.17) is 0 Å². The molecule has 0 spiro atoms. The van der Waals surface area contributed by atoms with Crippen LogP contribution in [0.2, 0.25) is 0 Å². The first-order chi connectivity index (χ1) is 8.92. The SMILES string of the molecule is CCOC(=O)C(F)(F)Oc1ccccc1C(C)CC. The van der Waals surface area contributed by atoms with Crippen molar-refractivity contribution in [1.29, 1.82) is 0 Å². The van der Waals surface area contributed by atoms with Gasteiger partial charge in [-0.3, -0.25) is 0 Å². The number of carbonyl (C=O) groups excluding carboxylic acids is 1. The number of esters is 1. The van der Waals surface area contributed by atoms with Gasteiger partial charge < -0.3 is 9.47 Å². The van der Waals surface area contributed by atoms with E-state index in [1.165, 1.54) is 13.0 Å². The number of benzene rings is 1. The minimum absolute atomic E-state index is 0.00917. The second-order valence-electron chi connectivity index (χ2n) is 4.19. The molecule has 0 radical (unpaired) electrons. The van der Waals surface area contributed by atoms with E-state index in [1.54, 1.807) is 18.2 Å². The van der Waals surface area contributed by atoms with Crippen LogP contribution < -0.4 is 4.74 Å². The van der Waals surface area contributed by atoms with Crippen LogP contribution in [0.25, 0.3) is 0 Å². The third-order valence-corrected chi connectivity index (χ3v) is 2.81. The minimum Gasteiger partial charge on any atom is -0.459 e. The summed E-state index contributed by atoms with van der Waals surface area (Å²) in [6.45, 7) is 5.20. The standard InChI is InChI=1S/C14H18F2O3/c1-4-10(3)11-8-6-7-9-12(11)19-14(15,16)13(17)18-5-2/h6-10H,4-5H2,1-3H3. The molecule has 0 fully saturated rings. The van der Waals surface area contributed by atoms with Gasteiger partial charge in [0.2, 0.25) is 0 Å². The van der Waals surface area contributed by atoms with E-state index in [0.717, 1.165) is 6.42 Å². The van der Waals surface area contributed by atoms with Crippen molar-refractivity contribution in [3.05, 3.63) is 29.8 Å². The average Bonchev–Trinajstić information content (AvgIpc) is 2.38. The highest BCUT2D eigenvalue weighted by molar-refractivity contribution is 5.76. The first kappa shape index (κ1) is 15.4. The Hall–Kier alpha value is -1.65. The third-order valence-electron chi connectivity index (χ3n) is 2.81. The highest BCUT2D eigenvalue weighted by Crippen LogP contribution is 2.32. The molecule has 1 aromatic rings. The van der Waals surface area contributed by atoms with Gasteiger partial charge in [-0.05, 0) is 30.9 Å². The highest BCUT2D eigenvalue weighted by atomic mass is 19.3. The van der Waals surface area contributed by atoms with Crippen molar-refractivity contribution >= 4 is 5.97 Å². The molecule has 0 aliphatic carbocycles. The molecule has 0 aromatic heterocycles. The normalized spacial score (nSPS) is 12.9. The van der Waals surface area contributed by atoms with E-state index in [-0.39, 0.29) is 18.3 Å². The molecule has 0 N–H and O–H groups in total. The Kier molecular flexibility index (Phi) is 5.27. The van der Waals surface area contributed by atoms with Crippen LogP contribution in [0.1, 0.15) is 38.7 Å². The van der Waals surface area contributed by atoms with Crippen molar-refractivity contribution < 1.29 is 23.0 Å². The molecule has 19 heavy (non-hydrogen) atoms. The molecule has 5 heteroatoms. The topological polar surface area (TPSA) is 35.5 Å². The predicted molar refractivity (Wildman–Crippen MR) is 67.4 cm³/mol. The Labute approximate surface area is 111 Å². The zero-order valence-electron chi connectivity index (χ0n) is 11.3. The molecule has 1 aromatic carbocycles. The van der Waals surface area contributed by atoms with Crippen LogP contribution >= 0.6 is 0 Å². The van der Waals surface area contributed by atoms with Crippen molar-refractivity contribution in [3.63, 3.8) is 0 Å². The van der Waals surface area contributed by atoms with E-state index in [2.05, 4.69) is 9.47 Å². The van der Waals surface area contributed by atoms with Gasteiger partial charge in [-0.25, -0.2) is 4.79 Å². The lowest BCUT2D eigenvalue weighted by Crippen LogP contribution is -2.37. The predicted octanol–water partition coefficient (Wildman–Crippen LogP) is 3.73. The summed E-state index contributed by atoms with van der Waals surface area (Å²) in [5, 5.41) is 0. The van der Waals surface area contributed by atoms with Gasteiger partial charge in [0.05, 0.1) is 6.61 Å². The lowest BCUT2D eigenvalue weighted by Gasteiger charge is -2.20. The molecule has 3 nitrogen and oxygen atoms in total. The molecular weight excluding hydrogens is 254 g/mol. The van der Waals surface area contributed by atoms with Gasteiger partial charge >= 0.3 is 12.1 Å². The number of hydrogen-bond donors (Lipinski definition) is 0. The Morgan fingerprint density at radius 3 is 2.53 bits per heavy atom. The molecule has 0 saturated heterocycles. The van der Waals surface area contributed by atoms with Crippen molar-refractivity contribution in [3.8, 4) is 5.75 Å². The average molecular weight is 272 g/mol. The van der Waals surface area contributed by atoms with Gasteiger partial charge in [-0.15, -0.1) is 0 Å². The van der Waals surface area contributed by atoms with Crippen LogP contribution in [-0.4, -0.2) is 18.7 Å². The van der Waals surface area contributed by atoms with E-state index < -0.39 is 12.1 Å². The number of rotatable bonds is 6. The fourth-order valence-electron chi connectivity index (χ4n) is 1.60. The van der Waals surface area contributed by atoms with Gasteiger partial charge in [-0.2, -0.15) is 8.78 Å².